The number of carbonyl (C=O) groups excluding carboxylic acids is 2. The highest BCUT2D eigenvalue weighted by atomic mass is 32.2. The van der Waals surface area contributed by atoms with E-state index in [1.807, 2.05) is 37.3 Å². The van der Waals surface area contributed by atoms with E-state index in [1.54, 1.807) is 24.3 Å². The van der Waals surface area contributed by atoms with Gasteiger partial charge in [-0.25, -0.2) is 9.59 Å². The van der Waals surface area contributed by atoms with Crippen LogP contribution in [0, 0.1) is 17.8 Å². The third-order valence-electron chi connectivity index (χ3n) is 5.63. The van der Waals surface area contributed by atoms with Crippen molar-refractivity contribution in [1.82, 2.24) is 10.2 Å². The van der Waals surface area contributed by atoms with Gasteiger partial charge in [-0.15, -0.1) is 0 Å². The highest BCUT2D eigenvalue weighted by Crippen LogP contribution is 2.29. The van der Waals surface area contributed by atoms with E-state index in [1.165, 1.54) is 31.0 Å². The second-order valence-corrected chi connectivity index (χ2v) is 9.40. The number of nitrogens with zero attached hydrogens (tertiary/aromatic N) is 1. The number of carboxylic acid groups (broad SMARTS) is 1. The Morgan fingerprint density at radius 3 is 2.44 bits per heavy atom. The summed E-state index contributed by atoms with van der Waals surface area (Å²) >= 11 is 1.54. The molecule has 0 heterocycles. The molecule has 1 atom stereocenters. The maximum atomic E-state index is 13.2. The number of rotatable bonds is 9. The number of imide groups is 1. The summed E-state index contributed by atoms with van der Waals surface area (Å²) < 4.78 is 0. The second-order valence-electron chi connectivity index (χ2n) is 8.33. The van der Waals surface area contributed by atoms with Crippen LogP contribution in [0.15, 0.2) is 54.6 Å². The fourth-order valence-corrected chi connectivity index (χ4v) is 4.75. The number of carbonyl (C=O) groups is 3. The molecule has 34 heavy (non-hydrogen) atoms. The quantitative estimate of drug-likeness (QED) is 0.513. The van der Waals surface area contributed by atoms with Crippen molar-refractivity contribution in [3.8, 4) is 11.8 Å². The fourth-order valence-electron chi connectivity index (χ4n) is 3.48. The Bertz CT molecular complexity index is 1060. The molecule has 0 spiro atoms. The Morgan fingerprint density at radius 2 is 1.79 bits per heavy atom. The summed E-state index contributed by atoms with van der Waals surface area (Å²) in [4.78, 5) is 38.9. The average molecular weight is 479 g/mol. The van der Waals surface area contributed by atoms with Gasteiger partial charge in [0.05, 0.1) is 0 Å². The summed E-state index contributed by atoms with van der Waals surface area (Å²) in [5.41, 5.74) is 1.85. The fraction of sp³-hybridized carbons (Fsp3) is 0.370. The predicted octanol–water partition coefficient (Wildman–Crippen LogP) is 4.63. The highest BCUT2D eigenvalue weighted by molar-refractivity contribution is 7.99. The first kappa shape index (κ1) is 25.4. The third kappa shape index (κ3) is 7.39. The van der Waals surface area contributed by atoms with Crippen molar-refractivity contribution in [2.45, 2.75) is 38.6 Å². The molecular weight excluding hydrogens is 448 g/mol. The Hall–Kier alpha value is -3.24. The molecule has 178 valence electrons. The molecule has 0 unspecified atom stereocenters. The van der Waals surface area contributed by atoms with E-state index in [9.17, 15) is 19.5 Å². The molecule has 2 aromatic carbocycles. The molecule has 1 saturated carbocycles. The van der Waals surface area contributed by atoms with Gasteiger partial charge in [-0.1, -0.05) is 49.5 Å². The van der Waals surface area contributed by atoms with E-state index in [0.29, 0.717) is 23.5 Å². The van der Waals surface area contributed by atoms with E-state index in [2.05, 4.69) is 17.2 Å². The molecule has 1 fully saturated rings. The van der Waals surface area contributed by atoms with Crippen molar-refractivity contribution in [2.75, 3.05) is 18.1 Å². The van der Waals surface area contributed by atoms with Crippen LogP contribution in [-0.4, -0.2) is 52.0 Å². The number of aliphatic carboxylic acids is 1. The van der Waals surface area contributed by atoms with Gasteiger partial charge in [0.2, 0.25) is 0 Å². The average Bonchev–Trinajstić information content (AvgIpc) is 2.82. The molecule has 0 saturated heterocycles. The Labute approximate surface area is 205 Å². The van der Waals surface area contributed by atoms with Crippen LogP contribution in [0.1, 0.15) is 54.1 Å². The van der Waals surface area contributed by atoms with Gasteiger partial charge in [0, 0.05) is 29.0 Å². The zero-order valence-electron chi connectivity index (χ0n) is 19.3. The van der Waals surface area contributed by atoms with Crippen LogP contribution < -0.4 is 5.32 Å². The van der Waals surface area contributed by atoms with Crippen LogP contribution in [0.2, 0.25) is 0 Å². The minimum atomic E-state index is -1.10. The standard InChI is InChI=1S/C27H30N2O4S/c1-2-16-29(27(33)28-24(26(31)32)19-34-18-22-11-6-12-22)25(30)23-13-7-10-21(17-23)15-14-20-8-4-3-5-9-20/h3-5,7-10,13,17,22,24H,2,6,11-12,16,18-19H2,1H3,(H,28,33)(H,31,32)/t24-/m0/s1. The molecular formula is C27H30N2O4S. The zero-order valence-corrected chi connectivity index (χ0v) is 20.1. The van der Waals surface area contributed by atoms with Crippen molar-refractivity contribution in [1.29, 1.82) is 0 Å². The highest BCUT2D eigenvalue weighted by Gasteiger charge is 2.28. The van der Waals surface area contributed by atoms with Gasteiger partial charge in [0.1, 0.15) is 6.04 Å². The summed E-state index contributed by atoms with van der Waals surface area (Å²) in [5, 5.41) is 12.1. The van der Waals surface area contributed by atoms with E-state index >= 15 is 0 Å². The minimum Gasteiger partial charge on any atom is -0.480 e. The molecule has 2 N–H and O–H groups in total. The Morgan fingerprint density at radius 1 is 1.09 bits per heavy atom. The summed E-state index contributed by atoms with van der Waals surface area (Å²) in [5.74, 6) is 6.34. The lowest BCUT2D eigenvalue weighted by atomic mass is 9.87. The van der Waals surface area contributed by atoms with Crippen LogP contribution in [0.4, 0.5) is 4.79 Å². The largest absolute Gasteiger partial charge is 0.480 e. The van der Waals surface area contributed by atoms with Gasteiger partial charge in [-0.2, -0.15) is 11.8 Å². The number of urea groups is 1. The molecule has 0 aliphatic heterocycles. The van der Waals surface area contributed by atoms with Crippen molar-refractivity contribution in [3.63, 3.8) is 0 Å². The van der Waals surface area contributed by atoms with E-state index in [0.717, 1.165) is 16.2 Å². The first-order valence-corrected chi connectivity index (χ1v) is 12.7. The molecule has 6 nitrogen and oxygen atoms in total. The van der Waals surface area contributed by atoms with Gasteiger partial charge in [0.25, 0.3) is 5.91 Å². The summed E-state index contributed by atoms with van der Waals surface area (Å²) in [6, 6.07) is 14.6. The second kappa shape index (κ2) is 12.9. The number of carboxylic acids is 1. The minimum absolute atomic E-state index is 0.187. The van der Waals surface area contributed by atoms with Crippen molar-refractivity contribution in [3.05, 3.63) is 71.3 Å². The molecule has 0 radical (unpaired) electrons. The third-order valence-corrected chi connectivity index (χ3v) is 6.91. The number of hydrogen-bond acceptors (Lipinski definition) is 4. The summed E-state index contributed by atoms with van der Waals surface area (Å²) in [6.07, 6.45) is 4.16. The number of benzene rings is 2. The predicted molar refractivity (Wildman–Crippen MR) is 135 cm³/mol. The maximum absolute atomic E-state index is 13.2. The molecule has 7 heteroatoms. The lowest BCUT2D eigenvalue weighted by molar-refractivity contribution is -0.138. The van der Waals surface area contributed by atoms with Crippen molar-refractivity contribution in [2.24, 2.45) is 5.92 Å². The molecule has 0 bridgehead atoms. The number of nitrogens with one attached hydrogen (secondary N) is 1. The van der Waals surface area contributed by atoms with Crippen LogP contribution in [0.25, 0.3) is 0 Å². The van der Waals surface area contributed by atoms with Crippen molar-refractivity contribution >= 4 is 29.7 Å². The van der Waals surface area contributed by atoms with Gasteiger partial charge < -0.3 is 10.4 Å². The van der Waals surface area contributed by atoms with Crippen LogP contribution in [0.3, 0.4) is 0 Å². The van der Waals surface area contributed by atoms with Gasteiger partial charge in [-0.05, 0) is 61.3 Å². The van der Waals surface area contributed by atoms with Gasteiger partial charge in [0.15, 0.2) is 0 Å². The lowest BCUT2D eigenvalue weighted by Gasteiger charge is -2.26. The van der Waals surface area contributed by atoms with Crippen LogP contribution >= 0.6 is 11.8 Å². The van der Waals surface area contributed by atoms with Crippen LogP contribution in [-0.2, 0) is 4.79 Å². The molecule has 3 rings (SSSR count). The maximum Gasteiger partial charge on any atom is 0.327 e. The first-order valence-electron chi connectivity index (χ1n) is 11.6. The summed E-state index contributed by atoms with van der Waals surface area (Å²) in [7, 11) is 0. The van der Waals surface area contributed by atoms with E-state index < -0.39 is 23.9 Å². The zero-order chi connectivity index (χ0) is 24.3. The topological polar surface area (TPSA) is 86.7 Å². The lowest BCUT2D eigenvalue weighted by Crippen LogP contribution is -2.51. The smallest absolute Gasteiger partial charge is 0.327 e. The Kier molecular flexibility index (Phi) is 9.60. The van der Waals surface area contributed by atoms with Crippen LogP contribution in [0.5, 0.6) is 0 Å². The number of thioether (sulfide) groups is 1. The molecule has 1 aliphatic carbocycles. The van der Waals surface area contributed by atoms with E-state index in [-0.39, 0.29) is 12.3 Å². The molecule has 2 aromatic rings. The first-order chi connectivity index (χ1) is 16.5. The van der Waals surface area contributed by atoms with E-state index in [4.69, 9.17) is 0 Å². The molecule has 1 aliphatic rings. The van der Waals surface area contributed by atoms with Gasteiger partial charge >= 0.3 is 12.0 Å². The van der Waals surface area contributed by atoms with Crippen molar-refractivity contribution < 1.29 is 19.5 Å². The monoisotopic (exact) mass is 478 g/mol. The van der Waals surface area contributed by atoms with Gasteiger partial charge in [-0.3, -0.25) is 9.69 Å². The SMILES string of the molecule is CCCN(C(=O)N[C@@H](CSCC1CCC1)C(=O)O)C(=O)c1cccc(C#Cc2ccccc2)c1. The Balaban J connectivity index is 1.68. The normalized spacial score (nSPS) is 13.7. The number of amides is 3. The molecule has 3 amide bonds. The molecule has 0 aromatic heterocycles. The number of hydrogen-bond donors (Lipinski definition) is 2. The summed E-state index contributed by atoms with van der Waals surface area (Å²) in [6.45, 7) is 2.05.